The van der Waals surface area contributed by atoms with E-state index in [0.29, 0.717) is 18.7 Å². The van der Waals surface area contributed by atoms with E-state index in [1.54, 1.807) is 6.20 Å². The predicted octanol–water partition coefficient (Wildman–Crippen LogP) is 4.27. The molecule has 2 aromatic heterocycles. The van der Waals surface area contributed by atoms with Crippen molar-refractivity contribution >= 4 is 16.8 Å². The van der Waals surface area contributed by atoms with Gasteiger partial charge in [-0.15, -0.1) is 0 Å². The van der Waals surface area contributed by atoms with E-state index in [1.807, 2.05) is 65.2 Å². The molecule has 0 aliphatic carbocycles. The lowest BCUT2D eigenvalue weighted by Crippen LogP contribution is -2.25. The average Bonchev–Trinajstić information content (AvgIpc) is 3.39. The highest BCUT2D eigenvalue weighted by Crippen LogP contribution is 2.29. The zero-order chi connectivity index (χ0) is 19.1. The van der Waals surface area contributed by atoms with Crippen molar-refractivity contribution in [3.05, 3.63) is 83.7 Å². The van der Waals surface area contributed by atoms with E-state index in [1.165, 1.54) is 11.1 Å². The van der Waals surface area contributed by atoms with Gasteiger partial charge in [0.2, 0.25) is 0 Å². The third-order valence-electron chi connectivity index (χ3n) is 5.33. The lowest BCUT2D eigenvalue weighted by molar-refractivity contribution is 0.0753. The summed E-state index contributed by atoms with van der Waals surface area (Å²) in [7, 11) is 0. The number of amides is 1. The molecule has 28 heavy (non-hydrogen) atoms. The fourth-order valence-electron chi connectivity index (χ4n) is 3.82. The van der Waals surface area contributed by atoms with Crippen LogP contribution in [-0.4, -0.2) is 25.6 Å². The molecule has 0 N–H and O–H groups in total. The normalized spacial score (nSPS) is 13.1. The van der Waals surface area contributed by atoms with Gasteiger partial charge in [0, 0.05) is 36.8 Å². The Labute approximate surface area is 163 Å². The van der Waals surface area contributed by atoms with Crippen molar-refractivity contribution in [1.29, 1.82) is 0 Å². The number of hydrogen-bond acceptors (Lipinski definition) is 3. The van der Waals surface area contributed by atoms with Crippen LogP contribution < -0.4 is 0 Å². The highest BCUT2D eigenvalue weighted by Gasteiger charge is 2.26. The molecule has 5 rings (SSSR count). The second kappa shape index (κ2) is 6.60. The topological polar surface area (TPSA) is 51.0 Å². The average molecular weight is 368 g/mol. The van der Waals surface area contributed by atoms with Crippen LogP contribution in [0, 0.1) is 0 Å². The predicted molar refractivity (Wildman–Crippen MR) is 109 cm³/mol. The first-order chi connectivity index (χ1) is 13.7. The number of hydrogen-bond donors (Lipinski definition) is 0. The number of para-hydroxylation sites is 1. The Kier molecular flexibility index (Phi) is 3.93. The van der Waals surface area contributed by atoms with Gasteiger partial charge in [0.15, 0.2) is 0 Å². The van der Waals surface area contributed by atoms with Crippen LogP contribution in [0.2, 0.25) is 0 Å². The van der Waals surface area contributed by atoms with Crippen molar-refractivity contribution in [3.8, 4) is 11.3 Å². The summed E-state index contributed by atoms with van der Waals surface area (Å²) in [6.07, 6.45) is 3.78. The second-order valence-corrected chi connectivity index (χ2v) is 7.09. The summed E-state index contributed by atoms with van der Waals surface area (Å²) in [5.41, 5.74) is 5.66. The van der Waals surface area contributed by atoms with Crippen LogP contribution in [0.15, 0.2) is 67.0 Å². The number of nitrogens with zero attached hydrogens (tertiary/aromatic N) is 4. The molecule has 1 aliphatic heterocycles. The van der Waals surface area contributed by atoms with Gasteiger partial charge >= 0.3 is 0 Å². The van der Waals surface area contributed by atoms with Crippen molar-refractivity contribution in [2.45, 2.75) is 26.6 Å². The van der Waals surface area contributed by atoms with Gasteiger partial charge in [0.05, 0.1) is 23.0 Å². The lowest BCUT2D eigenvalue weighted by atomic mass is 10.0. The Bertz CT molecular complexity index is 1170. The highest BCUT2D eigenvalue weighted by molar-refractivity contribution is 6.07. The van der Waals surface area contributed by atoms with Gasteiger partial charge in [-0.3, -0.25) is 9.48 Å². The Morgan fingerprint density at radius 2 is 1.75 bits per heavy atom. The van der Waals surface area contributed by atoms with Crippen LogP contribution in [0.3, 0.4) is 0 Å². The lowest BCUT2D eigenvalue weighted by Gasteiger charge is -2.17. The molecule has 0 radical (unpaired) electrons. The molecule has 0 saturated carbocycles. The van der Waals surface area contributed by atoms with Gasteiger partial charge in [-0.05, 0) is 30.2 Å². The number of pyridine rings is 1. The highest BCUT2D eigenvalue weighted by atomic mass is 16.2. The minimum Gasteiger partial charge on any atom is -0.330 e. The quantitative estimate of drug-likeness (QED) is 0.542. The molecule has 1 aliphatic rings. The maximum Gasteiger partial charge on any atom is 0.255 e. The van der Waals surface area contributed by atoms with Crippen molar-refractivity contribution in [1.82, 2.24) is 19.7 Å². The summed E-state index contributed by atoms with van der Waals surface area (Å²) in [5.74, 6) is 0.0407. The van der Waals surface area contributed by atoms with Crippen LogP contribution in [-0.2, 0) is 19.6 Å². The molecule has 4 aromatic rings. The van der Waals surface area contributed by atoms with E-state index in [9.17, 15) is 4.79 Å². The van der Waals surface area contributed by atoms with Gasteiger partial charge in [0.1, 0.15) is 0 Å². The minimum absolute atomic E-state index is 0.0407. The molecule has 0 unspecified atom stereocenters. The molecule has 2 aromatic carbocycles. The summed E-state index contributed by atoms with van der Waals surface area (Å²) in [6, 6.07) is 18.0. The van der Waals surface area contributed by atoms with Crippen molar-refractivity contribution in [2.75, 3.05) is 0 Å². The Balaban J connectivity index is 1.59. The fraction of sp³-hybridized carbons (Fsp3) is 0.174. The fourth-order valence-corrected chi connectivity index (χ4v) is 3.82. The first-order valence-electron chi connectivity index (χ1n) is 9.51. The smallest absolute Gasteiger partial charge is 0.255 e. The van der Waals surface area contributed by atoms with Gasteiger partial charge in [-0.2, -0.15) is 5.10 Å². The standard InChI is InChI=1S/C23H20N4O/c1-2-27-15-18(12-24-27)22-11-20(19-9-5-6-10-21(19)25-22)23(28)26-13-16-7-3-4-8-17(16)14-26/h3-12,15H,2,13-14H2,1H3. The van der Waals surface area contributed by atoms with E-state index in [4.69, 9.17) is 4.98 Å². The molecule has 0 bridgehead atoms. The maximum absolute atomic E-state index is 13.5. The zero-order valence-electron chi connectivity index (χ0n) is 15.7. The van der Waals surface area contributed by atoms with E-state index in [0.717, 1.165) is 28.7 Å². The van der Waals surface area contributed by atoms with Gasteiger partial charge < -0.3 is 4.90 Å². The number of aryl methyl sites for hydroxylation is 1. The molecule has 138 valence electrons. The molecule has 3 heterocycles. The van der Waals surface area contributed by atoms with Crippen LogP contribution in [0.5, 0.6) is 0 Å². The van der Waals surface area contributed by atoms with Crippen LogP contribution in [0.25, 0.3) is 22.2 Å². The maximum atomic E-state index is 13.5. The zero-order valence-corrected chi connectivity index (χ0v) is 15.7. The number of fused-ring (bicyclic) bond motifs is 2. The Morgan fingerprint density at radius 1 is 1.04 bits per heavy atom. The Morgan fingerprint density at radius 3 is 2.46 bits per heavy atom. The van der Waals surface area contributed by atoms with E-state index >= 15 is 0 Å². The van der Waals surface area contributed by atoms with E-state index < -0.39 is 0 Å². The van der Waals surface area contributed by atoms with E-state index in [2.05, 4.69) is 17.2 Å². The summed E-state index contributed by atoms with van der Waals surface area (Å²) < 4.78 is 1.87. The molecule has 0 saturated heterocycles. The molecule has 0 atom stereocenters. The second-order valence-electron chi connectivity index (χ2n) is 7.09. The summed E-state index contributed by atoms with van der Waals surface area (Å²) in [5, 5.41) is 5.24. The number of benzene rings is 2. The molecule has 5 heteroatoms. The van der Waals surface area contributed by atoms with Crippen molar-refractivity contribution in [2.24, 2.45) is 0 Å². The summed E-state index contributed by atoms with van der Waals surface area (Å²) in [4.78, 5) is 20.1. The third kappa shape index (κ3) is 2.76. The first-order valence-corrected chi connectivity index (χ1v) is 9.51. The SMILES string of the molecule is CCn1cc(-c2cc(C(=O)N3Cc4ccccc4C3)c3ccccc3n2)cn1. The van der Waals surface area contributed by atoms with E-state index in [-0.39, 0.29) is 5.91 Å². The number of rotatable bonds is 3. The molecule has 0 fully saturated rings. The largest absolute Gasteiger partial charge is 0.330 e. The molecule has 5 nitrogen and oxygen atoms in total. The monoisotopic (exact) mass is 368 g/mol. The third-order valence-corrected chi connectivity index (χ3v) is 5.33. The molecular formula is C23H20N4O. The first kappa shape index (κ1) is 16.7. The molecular weight excluding hydrogens is 348 g/mol. The number of aromatic nitrogens is 3. The van der Waals surface area contributed by atoms with Crippen LogP contribution in [0.4, 0.5) is 0 Å². The van der Waals surface area contributed by atoms with Gasteiger partial charge in [-0.25, -0.2) is 4.98 Å². The van der Waals surface area contributed by atoms with Crippen LogP contribution in [0.1, 0.15) is 28.4 Å². The number of carbonyl (C=O) groups excluding carboxylic acids is 1. The summed E-state index contributed by atoms with van der Waals surface area (Å²) in [6.45, 7) is 4.14. The van der Waals surface area contributed by atoms with Crippen LogP contribution >= 0.6 is 0 Å². The minimum atomic E-state index is 0.0407. The van der Waals surface area contributed by atoms with Gasteiger partial charge in [0.25, 0.3) is 5.91 Å². The Hall–Kier alpha value is -3.47. The molecule has 1 amide bonds. The summed E-state index contributed by atoms with van der Waals surface area (Å²) >= 11 is 0. The van der Waals surface area contributed by atoms with Crippen molar-refractivity contribution < 1.29 is 4.79 Å². The number of carbonyl (C=O) groups is 1. The van der Waals surface area contributed by atoms with Crippen molar-refractivity contribution in [3.63, 3.8) is 0 Å². The molecule has 0 spiro atoms. The van der Waals surface area contributed by atoms with Gasteiger partial charge in [-0.1, -0.05) is 42.5 Å².